The molecule has 0 bridgehead atoms. The molecule has 1 saturated heterocycles. The molecule has 5 rings (SSSR count). The first-order valence-corrected chi connectivity index (χ1v) is 13.9. The van der Waals surface area contributed by atoms with Gasteiger partial charge in [0.1, 0.15) is 11.5 Å². The van der Waals surface area contributed by atoms with Crippen LogP contribution in [0.25, 0.3) is 0 Å². The molecule has 1 aliphatic carbocycles. The van der Waals surface area contributed by atoms with Crippen LogP contribution in [0.2, 0.25) is 0 Å². The topological polar surface area (TPSA) is 44.8 Å². The average molecular weight is 498 g/mol. The van der Waals surface area contributed by atoms with E-state index in [9.17, 15) is 4.79 Å². The van der Waals surface area contributed by atoms with Gasteiger partial charge in [-0.3, -0.25) is 4.90 Å². The van der Waals surface area contributed by atoms with Crippen LogP contribution in [0.1, 0.15) is 56.1 Å². The van der Waals surface area contributed by atoms with Crippen LogP contribution in [0.5, 0.6) is 11.5 Å². The third-order valence-electron chi connectivity index (χ3n) is 7.70. The van der Waals surface area contributed by atoms with Gasteiger partial charge >= 0.3 is 6.03 Å². The molecule has 0 atom stereocenters. The summed E-state index contributed by atoms with van der Waals surface area (Å²) in [6.07, 6.45) is 7.96. The SMILES string of the molecule is O=C(NC1CCCCC1)N(Cc1ccccc1)C1CCN(Cc2ccc(Oc3ccccc3)cc2)CC1. The minimum absolute atomic E-state index is 0.114. The Kier molecular flexibility index (Phi) is 8.75. The first-order valence-electron chi connectivity index (χ1n) is 13.9. The second kappa shape index (κ2) is 12.8. The van der Waals surface area contributed by atoms with E-state index < -0.39 is 0 Å². The van der Waals surface area contributed by atoms with Crippen molar-refractivity contribution in [2.75, 3.05) is 13.1 Å². The Hall–Kier alpha value is -3.31. The summed E-state index contributed by atoms with van der Waals surface area (Å²) in [4.78, 5) is 18.1. The fraction of sp³-hybridized carbons (Fsp3) is 0.406. The quantitative estimate of drug-likeness (QED) is 0.365. The number of rotatable bonds is 8. The zero-order valence-electron chi connectivity index (χ0n) is 21.7. The zero-order valence-corrected chi connectivity index (χ0v) is 21.7. The molecule has 1 heterocycles. The Morgan fingerprint density at radius 3 is 2.05 bits per heavy atom. The summed E-state index contributed by atoms with van der Waals surface area (Å²) in [5.41, 5.74) is 2.48. The van der Waals surface area contributed by atoms with Crippen molar-refractivity contribution in [2.24, 2.45) is 0 Å². The van der Waals surface area contributed by atoms with E-state index in [0.717, 1.165) is 56.8 Å². The number of nitrogens with one attached hydrogen (secondary N) is 1. The van der Waals surface area contributed by atoms with E-state index in [1.807, 2.05) is 48.5 Å². The molecule has 194 valence electrons. The minimum atomic E-state index is 0.114. The number of carbonyl (C=O) groups is 1. The number of piperidine rings is 1. The Bertz CT molecular complexity index is 1090. The summed E-state index contributed by atoms with van der Waals surface area (Å²) in [7, 11) is 0. The molecule has 3 aromatic carbocycles. The van der Waals surface area contributed by atoms with Crippen molar-refractivity contribution < 1.29 is 9.53 Å². The van der Waals surface area contributed by atoms with Gasteiger partial charge in [-0.2, -0.15) is 0 Å². The maximum absolute atomic E-state index is 13.4. The number of nitrogens with zero attached hydrogens (tertiary/aromatic N) is 2. The van der Waals surface area contributed by atoms with Gasteiger partial charge in [-0.05, 0) is 61.1 Å². The molecule has 1 aliphatic heterocycles. The third kappa shape index (κ3) is 7.36. The number of para-hydroxylation sites is 1. The predicted molar refractivity (Wildman–Crippen MR) is 149 cm³/mol. The Balaban J connectivity index is 1.16. The smallest absolute Gasteiger partial charge is 0.318 e. The van der Waals surface area contributed by atoms with Crippen LogP contribution in [0.15, 0.2) is 84.9 Å². The van der Waals surface area contributed by atoms with Crippen LogP contribution >= 0.6 is 0 Å². The molecule has 1 saturated carbocycles. The lowest BCUT2D eigenvalue weighted by Crippen LogP contribution is -2.52. The molecule has 0 radical (unpaired) electrons. The van der Waals surface area contributed by atoms with Crippen LogP contribution in [-0.4, -0.2) is 41.0 Å². The van der Waals surface area contributed by atoms with Gasteiger partial charge in [0.2, 0.25) is 0 Å². The molecule has 37 heavy (non-hydrogen) atoms. The predicted octanol–water partition coefficient (Wildman–Crippen LogP) is 6.99. The van der Waals surface area contributed by atoms with Gasteiger partial charge in [0.05, 0.1) is 0 Å². The van der Waals surface area contributed by atoms with Crippen LogP contribution in [0.3, 0.4) is 0 Å². The lowest BCUT2D eigenvalue weighted by Gasteiger charge is -2.39. The van der Waals surface area contributed by atoms with E-state index in [2.05, 4.69) is 51.5 Å². The summed E-state index contributed by atoms with van der Waals surface area (Å²) in [6.45, 7) is 3.59. The maximum atomic E-state index is 13.4. The Morgan fingerprint density at radius 1 is 0.757 bits per heavy atom. The lowest BCUT2D eigenvalue weighted by atomic mass is 9.95. The molecule has 1 N–H and O–H groups in total. The maximum Gasteiger partial charge on any atom is 0.318 e. The molecular formula is C32H39N3O2. The van der Waals surface area contributed by atoms with Crippen molar-refractivity contribution in [1.29, 1.82) is 0 Å². The van der Waals surface area contributed by atoms with E-state index in [4.69, 9.17) is 4.74 Å². The van der Waals surface area contributed by atoms with Crippen molar-refractivity contribution in [2.45, 2.75) is 70.1 Å². The summed E-state index contributed by atoms with van der Waals surface area (Å²) < 4.78 is 5.93. The standard InChI is InChI=1S/C32H39N3O2/c36-32(33-28-12-6-2-7-13-28)35(25-26-10-4-1-5-11-26)29-20-22-34(23-21-29)24-27-16-18-31(19-17-27)37-30-14-8-3-9-15-30/h1,3-5,8-11,14-19,28-29H,2,6-7,12-13,20-25H2,(H,33,36). The highest BCUT2D eigenvalue weighted by atomic mass is 16.5. The molecule has 2 amide bonds. The number of ether oxygens (including phenoxy) is 1. The van der Waals surface area contributed by atoms with Gasteiger partial charge in [0.25, 0.3) is 0 Å². The highest BCUT2D eigenvalue weighted by molar-refractivity contribution is 5.75. The van der Waals surface area contributed by atoms with Crippen molar-refractivity contribution in [1.82, 2.24) is 15.1 Å². The van der Waals surface area contributed by atoms with E-state index >= 15 is 0 Å². The fourth-order valence-electron chi connectivity index (χ4n) is 5.59. The van der Waals surface area contributed by atoms with E-state index in [0.29, 0.717) is 12.6 Å². The van der Waals surface area contributed by atoms with Crippen LogP contribution < -0.4 is 10.1 Å². The van der Waals surface area contributed by atoms with Gasteiger partial charge in [0, 0.05) is 38.3 Å². The number of urea groups is 1. The molecule has 2 fully saturated rings. The second-order valence-electron chi connectivity index (χ2n) is 10.5. The highest BCUT2D eigenvalue weighted by Gasteiger charge is 2.29. The van der Waals surface area contributed by atoms with E-state index in [1.165, 1.54) is 30.4 Å². The van der Waals surface area contributed by atoms with Crippen molar-refractivity contribution in [3.63, 3.8) is 0 Å². The van der Waals surface area contributed by atoms with Crippen LogP contribution in [0.4, 0.5) is 4.79 Å². The van der Waals surface area contributed by atoms with E-state index in [1.54, 1.807) is 0 Å². The molecule has 5 nitrogen and oxygen atoms in total. The number of hydrogen-bond acceptors (Lipinski definition) is 3. The number of benzene rings is 3. The minimum Gasteiger partial charge on any atom is -0.457 e. The van der Waals surface area contributed by atoms with Crippen molar-refractivity contribution >= 4 is 6.03 Å². The van der Waals surface area contributed by atoms with Crippen molar-refractivity contribution in [3.05, 3.63) is 96.1 Å². The summed E-state index contributed by atoms with van der Waals surface area (Å²) in [5, 5.41) is 3.37. The number of likely N-dealkylation sites (tertiary alicyclic amines) is 1. The second-order valence-corrected chi connectivity index (χ2v) is 10.5. The number of amides is 2. The first kappa shape index (κ1) is 25.3. The summed E-state index contributed by atoms with van der Waals surface area (Å²) in [5.74, 6) is 1.71. The lowest BCUT2D eigenvalue weighted by molar-refractivity contribution is 0.110. The Labute approximate surface area is 221 Å². The third-order valence-corrected chi connectivity index (χ3v) is 7.70. The van der Waals surface area contributed by atoms with Gasteiger partial charge in [-0.1, -0.05) is 79.9 Å². The summed E-state index contributed by atoms with van der Waals surface area (Å²) in [6, 6.07) is 29.4. The first-order chi connectivity index (χ1) is 18.2. The van der Waals surface area contributed by atoms with Gasteiger partial charge in [-0.15, -0.1) is 0 Å². The van der Waals surface area contributed by atoms with Crippen molar-refractivity contribution in [3.8, 4) is 11.5 Å². The van der Waals surface area contributed by atoms with E-state index in [-0.39, 0.29) is 12.1 Å². The average Bonchev–Trinajstić information content (AvgIpc) is 2.95. The molecule has 3 aromatic rings. The number of hydrogen-bond donors (Lipinski definition) is 1. The molecule has 0 aromatic heterocycles. The van der Waals surface area contributed by atoms with Crippen LogP contribution in [0, 0.1) is 0 Å². The molecule has 0 unspecified atom stereocenters. The molecular weight excluding hydrogens is 458 g/mol. The van der Waals surface area contributed by atoms with Gasteiger partial charge in [0.15, 0.2) is 0 Å². The molecule has 0 spiro atoms. The Morgan fingerprint density at radius 2 is 1.38 bits per heavy atom. The van der Waals surface area contributed by atoms with Gasteiger partial charge in [-0.25, -0.2) is 4.79 Å². The fourth-order valence-corrected chi connectivity index (χ4v) is 5.59. The van der Waals surface area contributed by atoms with Crippen LogP contribution in [-0.2, 0) is 13.1 Å². The zero-order chi connectivity index (χ0) is 25.3. The monoisotopic (exact) mass is 497 g/mol. The molecule has 5 heteroatoms. The summed E-state index contributed by atoms with van der Waals surface area (Å²) >= 11 is 0. The normalized spacial score (nSPS) is 17.3. The van der Waals surface area contributed by atoms with Gasteiger partial charge < -0.3 is 15.0 Å². The molecule has 2 aliphatic rings. The highest BCUT2D eigenvalue weighted by Crippen LogP contribution is 2.25. The number of carbonyl (C=O) groups excluding carboxylic acids is 1. The largest absolute Gasteiger partial charge is 0.457 e.